The van der Waals surface area contributed by atoms with E-state index in [1.165, 1.54) is 24.3 Å². The van der Waals surface area contributed by atoms with E-state index in [4.69, 9.17) is 18.0 Å². The molecule has 4 rings (SSSR count). The molecule has 1 aromatic heterocycles. The molecular formula is C21H20O9. The van der Waals surface area contributed by atoms with Gasteiger partial charge in [-0.3, -0.25) is 4.79 Å². The van der Waals surface area contributed by atoms with E-state index in [9.17, 15) is 30.3 Å². The van der Waals surface area contributed by atoms with Gasteiger partial charge in [-0.15, -0.1) is 0 Å². The van der Waals surface area contributed by atoms with Crippen molar-refractivity contribution in [2.45, 2.75) is 30.7 Å². The van der Waals surface area contributed by atoms with E-state index in [1.54, 1.807) is 0 Å². The Bertz CT molecular complexity index is 1240. The molecule has 9 heteroatoms. The molecule has 1 saturated heterocycles. The van der Waals surface area contributed by atoms with E-state index >= 15 is 0 Å². The molecule has 0 saturated carbocycles. The van der Waals surface area contributed by atoms with Gasteiger partial charge < -0.3 is 39.4 Å². The average Bonchev–Trinajstić information content (AvgIpc) is 2.79. The molecule has 30 heavy (non-hydrogen) atoms. The Morgan fingerprint density at radius 2 is 1.80 bits per heavy atom. The van der Waals surface area contributed by atoms with Gasteiger partial charge >= 0.3 is 0 Å². The monoisotopic (exact) mass is 419 g/mol. The Hall–Kier alpha value is -2.95. The summed E-state index contributed by atoms with van der Waals surface area (Å²) < 4.78 is 40.0. The predicted octanol–water partition coefficient (Wildman–Crippen LogP) is 0.344. The number of aromatic hydroxyl groups is 1. The van der Waals surface area contributed by atoms with Gasteiger partial charge in [0.25, 0.3) is 0 Å². The fourth-order valence-electron chi connectivity index (χ4n) is 3.13. The number of benzene rings is 2. The number of hydrogen-bond acceptors (Lipinski definition) is 9. The largest absolute Gasteiger partial charge is 0.508 e. The number of aliphatic hydroxyl groups excluding tert-OH is 4. The normalized spacial score (nSPS) is 28.0. The van der Waals surface area contributed by atoms with Crippen LogP contribution in [0, 0.1) is 0 Å². The Morgan fingerprint density at radius 1 is 1.07 bits per heavy atom. The predicted molar refractivity (Wildman–Crippen MR) is 104 cm³/mol. The van der Waals surface area contributed by atoms with Crippen molar-refractivity contribution < 1.29 is 43.5 Å². The highest BCUT2D eigenvalue weighted by atomic mass is 16.7. The zero-order valence-corrected chi connectivity index (χ0v) is 15.3. The zero-order chi connectivity index (χ0) is 24.0. The summed E-state index contributed by atoms with van der Waals surface area (Å²) in [4.78, 5) is 13.0. The molecular weight excluding hydrogens is 396 g/mol. The molecule has 5 N–H and O–H groups in total. The van der Waals surface area contributed by atoms with Crippen molar-refractivity contribution in [2.75, 3.05) is 6.61 Å². The number of phenols is 1. The Labute approximate surface area is 174 Å². The number of hydrogen-bond donors (Lipinski definition) is 5. The first-order valence-electron chi connectivity index (χ1n) is 10.5. The van der Waals surface area contributed by atoms with Crippen LogP contribution in [0.3, 0.4) is 0 Å². The van der Waals surface area contributed by atoms with Crippen LogP contribution in [0.4, 0.5) is 0 Å². The second kappa shape index (κ2) is 8.05. The van der Waals surface area contributed by atoms with Gasteiger partial charge in [0.1, 0.15) is 47.8 Å². The van der Waals surface area contributed by atoms with Crippen molar-refractivity contribution in [3.05, 3.63) is 58.9 Å². The second-order valence-electron chi connectivity index (χ2n) is 6.74. The van der Waals surface area contributed by atoms with Crippen LogP contribution in [0.5, 0.6) is 11.5 Å². The summed E-state index contributed by atoms with van der Waals surface area (Å²) in [5.41, 5.74) is -0.492. The van der Waals surface area contributed by atoms with Gasteiger partial charge in [-0.2, -0.15) is 0 Å². The minimum atomic E-state index is -1.68. The van der Waals surface area contributed by atoms with Crippen molar-refractivity contribution in [1.29, 1.82) is 0 Å². The van der Waals surface area contributed by atoms with E-state index in [2.05, 4.69) is 0 Å². The van der Waals surface area contributed by atoms with E-state index < -0.39 is 48.5 Å². The van der Waals surface area contributed by atoms with Crippen molar-refractivity contribution in [3.63, 3.8) is 0 Å². The molecule has 0 aliphatic carbocycles. The number of phenolic OH excluding ortho intramolecular Hbond substituents is 1. The smallest absolute Gasteiger partial charge is 0.229 e. The topological polar surface area (TPSA) is 150 Å². The van der Waals surface area contributed by atoms with Crippen LogP contribution >= 0.6 is 0 Å². The number of ether oxygens (including phenoxy) is 2. The highest BCUT2D eigenvalue weighted by Crippen LogP contribution is 2.27. The van der Waals surface area contributed by atoms with E-state index in [0.29, 0.717) is 0 Å². The maximum atomic E-state index is 13.0. The lowest BCUT2D eigenvalue weighted by Crippen LogP contribution is -2.60. The van der Waals surface area contributed by atoms with Crippen LogP contribution in [-0.2, 0) is 4.74 Å². The summed E-state index contributed by atoms with van der Waals surface area (Å²) in [6, 6.07) is 3.97. The minimum Gasteiger partial charge on any atom is -0.508 e. The standard InChI is InChI=1S/C21H20O9/c22-8-16-18(25)19(26)20(27)21(30-16)29-12-5-6-13-15(7-12)28-9-14(17(13)24)10-1-3-11(23)4-2-10/h1-7,9,16,18-23,25-27H,8H2/t16-,18-,19+,20-,21-/m1/s1/i3D,4D,7D. The third-order valence-electron chi connectivity index (χ3n) is 4.80. The summed E-state index contributed by atoms with van der Waals surface area (Å²) in [6.07, 6.45) is -6.56. The first-order valence-corrected chi connectivity index (χ1v) is 8.97. The molecule has 2 heterocycles. The van der Waals surface area contributed by atoms with Crippen molar-refractivity contribution in [3.8, 4) is 22.6 Å². The molecule has 2 aromatic carbocycles. The summed E-state index contributed by atoms with van der Waals surface area (Å²) in [5.74, 6) is -0.679. The fourth-order valence-corrected chi connectivity index (χ4v) is 3.13. The Morgan fingerprint density at radius 3 is 2.50 bits per heavy atom. The lowest BCUT2D eigenvalue weighted by molar-refractivity contribution is -0.277. The molecule has 0 radical (unpaired) electrons. The first-order chi connectivity index (χ1) is 15.6. The van der Waals surface area contributed by atoms with Gasteiger partial charge in [0.05, 0.1) is 21.7 Å². The second-order valence-corrected chi connectivity index (χ2v) is 6.74. The van der Waals surface area contributed by atoms with Gasteiger partial charge in [-0.25, -0.2) is 0 Å². The Balaban J connectivity index is 1.71. The Kier molecular flexibility index (Phi) is 4.51. The molecule has 9 nitrogen and oxygen atoms in total. The van der Waals surface area contributed by atoms with E-state index in [1.807, 2.05) is 0 Å². The van der Waals surface area contributed by atoms with Crippen LogP contribution in [0.15, 0.2) is 57.9 Å². The number of rotatable bonds is 4. The van der Waals surface area contributed by atoms with Crippen molar-refractivity contribution >= 4 is 11.0 Å². The van der Waals surface area contributed by atoms with Gasteiger partial charge in [0.15, 0.2) is 5.43 Å². The average molecular weight is 419 g/mol. The number of fused-ring (bicyclic) bond motifs is 1. The molecule has 0 amide bonds. The first kappa shape index (κ1) is 16.8. The molecule has 1 aliphatic rings. The fraction of sp³-hybridized carbons (Fsp3) is 0.286. The molecule has 0 spiro atoms. The summed E-state index contributed by atoms with van der Waals surface area (Å²) >= 11 is 0. The lowest BCUT2D eigenvalue weighted by Gasteiger charge is -2.39. The van der Waals surface area contributed by atoms with Crippen molar-refractivity contribution in [1.82, 2.24) is 0 Å². The third kappa shape index (κ3) is 3.64. The molecule has 1 aliphatic heterocycles. The zero-order valence-electron chi connectivity index (χ0n) is 18.3. The highest BCUT2D eigenvalue weighted by molar-refractivity contribution is 5.82. The van der Waals surface area contributed by atoms with Crippen LogP contribution in [-0.4, -0.2) is 62.8 Å². The van der Waals surface area contributed by atoms with Crippen LogP contribution in [0.2, 0.25) is 0 Å². The van der Waals surface area contributed by atoms with Crippen LogP contribution in [0.1, 0.15) is 4.11 Å². The van der Waals surface area contributed by atoms with E-state index in [-0.39, 0.29) is 46.0 Å². The quantitative estimate of drug-likeness (QED) is 0.403. The molecule has 1 fully saturated rings. The maximum absolute atomic E-state index is 13.0. The molecule has 158 valence electrons. The highest BCUT2D eigenvalue weighted by Gasteiger charge is 2.44. The van der Waals surface area contributed by atoms with Crippen molar-refractivity contribution in [2.24, 2.45) is 0 Å². The summed E-state index contributed by atoms with van der Waals surface area (Å²) in [6.45, 7) is -0.648. The molecule has 0 unspecified atom stereocenters. The lowest BCUT2D eigenvalue weighted by atomic mass is 9.99. The van der Waals surface area contributed by atoms with Gasteiger partial charge in [-0.05, 0) is 29.8 Å². The summed E-state index contributed by atoms with van der Waals surface area (Å²) in [7, 11) is 0. The molecule has 5 atom stereocenters. The van der Waals surface area contributed by atoms with Crippen LogP contribution in [0.25, 0.3) is 22.1 Å². The molecule has 3 aromatic rings. The molecule has 0 bridgehead atoms. The minimum absolute atomic E-state index is 0.00443. The third-order valence-corrected chi connectivity index (χ3v) is 4.80. The van der Waals surface area contributed by atoms with Crippen LogP contribution < -0.4 is 10.2 Å². The van der Waals surface area contributed by atoms with E-state index in [0.717, 1.165) is 6.26 Å². The number of aliphatic hydroxyl groups is 4. The maximum Gasteiger partial charge on any atom is 0.229 e. The van der Waals surface area contributed by atoms with Gasteiger partial charge in [-0.1, -0.05) is 12.1 Å². The summed E-state index contributed by atoms with van der Waals surface area (Å²) in [5, 5.41) is 48.8. The SMILES string of the molecule is [2H]c1cc(-c2coc3c([2H])c(O[C@@H]4O[C@H](CO)[C@@H](O)[C@H](O)[C@H]4O)ccc3c2=O)cc([2H])c1O. The van der Waals surface area contributed by atoms with Gasteiger partial charge in [0, 0.05) is 6.04 Å². The van der Waals surface area contributed by atoms with Gasteiger partial charge in [0.2, 0.25) is 6.29 Å².